The van der Waals surface area contributed by atoms with Gasteiger partial charge in [-0.15, -0.1) is 5.10 Å². The fourth-order valence-electron chi connectivity index (χ4n) is 3.89. The van der Waals surface area contributed by atoms with Crippen LogP contribution in [0.4, 0.5) is 4.39 Å². The second-order valence-electron chi connectivity index (χ2n) is 7.76. The van der Waals surface area contributed by atoms with Crippen LogP contribution < -0.4 is 4.74 Å². The lowest BCUT2D eigenvalue weighted by molar-refractivity contribution is 0.0765. The Morgan fingerprint density at radius 3 is 2.64 bits per heavy atom. The molecule has 1 amide bonds. The maximum absolute atomic E-state index is 14.3. The normalized spacial score (nSPS) is 12.5. The summed E-state index contributed by atoms with van der Waals surface area (Å²) in [5.41, 5.74) is 3.94. The van der Waals surface area contributed by atoms with E-state index >= 15 is 0 Å². The van der Waals surface area contributed by atoms with Crippen molar-refractivity contribution in [2.24, 2.45) is 7.05 Å². The van der Waals surface area contributed by atoms with Crippen LogP contribution in [0.1, 0.15) is 27.0 Å². The Bertz CT molecular complexity index is 1410. The minimum Gasteiger partial charge on any atom is -0.452 e. The fraction of sp³-hybridized carbons (Fsp3) is 0.120. The van der Waals surface area contributed by atoms with Crippen LogP contribution in [-0.4, -0.2) is 25.8 Å². The topological polar surface area (TPSA) is 84.0 Å². The van der Waals surface area contributed by atoms with Gasteiger partial charge in [-0.1, -0.05) is 47.7 Å². The lowest BCUT2D eigenvalue weighted by atomic mass is 10.1. The highest BCUT2D eigenvalue weighted by molar-refractivity contribution is 6.01. The van der Waals surface area contributed by atoms with Crippen molar-refractivity contribution in [3.8, 4) is 28.8 Å². The van der Waals surface area contributed by atoms with Gasteiger partial charge in [0.25, 0.3) is 5.91 Å². The Kier molecular flexibility index (Phi) is 5.07. The first kappa shape index (κ1) is 20.4. The van der Waals surface area contributed by atoms with Gasteiger partial charge >= 0.3 is 0 Å². The molecule has 0 fully saturated rings. The van der Waals surface area contributed by atoms with Crippen molar-refractivity contribution in [2.45, 2.75) is 13.1 Å². The third-order valence-electron chi connectivity index (χ3n) is 5.50. The summed E-state index contributed by atoms with van der Waals surface area (Å²) in [5.74, 6) is -0.801. The summed E-state index contributed by atoms with van der Waals surface area (Å²) in [7, 11) is 1.81. The maximum atomic E-state index is 14.3. The van der Waals surface area contributed by atoms with Crippen LogP contribution in [0.2, 0.25) is 0 Å². The molecule has 5 rings (SSSR count). The second-order valence-corrected chi connectivity index (χ2v) is 7.76. The third-order valence-corrected chi connectivity index (χ3v) is 5.50. The van der Waals surface area contributed by atoms with Crippen LogP contribution in [0.25, 0.3) is 11.3 Å². The Morgan fingerprint density at radius 1 is 1.12 bits per heavy atom. The molecule has 0 saturated carbocycles. The van der Waals surface area contributed by atoms with Crippen molar-refractivity contribution in [1.82, 2.24) is 19.9 Å². The summed E-state index contributed by atoms with van der Waals surface area (Å²) in [4.78, 5) is 14.9. The highest BCUT2D eigenvalue weighted by Gasteiger charge is 2.31. The Morgan fingerprint density at radius 2 is 1.91 bits per heavy atom. The summed E-state index contributed by atoms with van der Waals surface area (Å²) < 4.78 is 21.7. The van der Waals surface area contributed by atoms with Crippen molar-refractivity contribution < 1.29 is 13.9 Å². The number of halogens is 1. The SMILES string of the molecule is Cn1cc(-c2ccc(CN3Cc4cccc(Oc5c(F)cccc5C#N)c4C3=O)cc2)nn1. The first-order valence-corrected chi connectivity index (χ1v) is 10.3. The minimum absolute atomic E-state index is 0.0677. The number of carbonyl (C=O) groups is 1. The van der Waals surface area contributed by atoms with E-state index in [2.05, 4.69) is 10.3 Å². The summed E-state index contributed by atoms with van der Waals surface area (Å²) in [6.07, 6.45) is 1.84. The van der Waals surface area contributed by atoms with Gasteiger partial charge in [0.1, 0.15) is 17.5 Å². The van der Waals surface area contributed by atoms with E-state index in [0.29, 0.717) is 18.7 Å². The van der Waals surface area contributed by atoms with Gasteiger partial charge in [-0.2, -0.15) is 5.26 Å². The number of rotatable bonds is 5. The quantitative estimate of drug-likeness (QED) is 0.459. The van der Waals surface area contributed by atoms with Gasteiger partial charge < -0.3 is 9.64 Å². The standard InChI is InChI=1S/C25H18FN5O2/c1-30-15-21(28-29-30)17-10-8-16(9-11-17)13-31-14-19-5-3-7-22(23(19)25(31)32)33-24-18(12-27)4-2-6-20(24)26/h2-11,15H,13-14H2,1H3. The van der Waals surface area contributed by atoms with E-state index in [9.17, 15) is 14.4 Å². The van der Waals surface area contributed by atoms with Crippen molar-refractivity contribution in [3.63, 3.8) is 0 Å². The third kappa shape index (κ3) is 3.81. The van der Waals surface area contributed by atoms with Crippen molar-refractivity contribution in [1.29, 1.82) is 5.26 Å². The number of benzene rings is 3. The average Bonchev–Trinajstić information content (AvgIpc) is 3.39. The zero-order valence-corrected chi connectivity index (χ0v) is 17.7. The molecule has 33 heavy (non-hydrogen) atoms. The molecular weight excluding hydrogens is 421 g/mol. The van der Waals surface area contributed by atoms with E-state index in [4.69, 9.17) is 4.74 Å². The zero-order valence-electron chi connectivity index (χ0n) is 17.7. The van der Waals surface area contributed by atoms with E-state index in [1.54, 1.807) is 21.7 Å². The molecule has 0 bridgehead atoms. The van der Waals surface area contributed by atoms with Gasteiger partial charge in [0, 0.05) is 25.7 Å². The number of nitriles is 1. The van der Waals surface area contributed by atoms with E-state index in [1.165, 1.54) is 18.2 Å². The first-order valence-electron chi connectivity index (χ1n) is 10.3. The van der Waals surface area contributed by atoms with E-state index < -0.39 is 5.82 Å². The van der Waals surface area contributed by atoms with E-state index in [0.717, 1.165) is 22.4 Å². The van der Waals surface area contributed by atoms with E-state index in [-0.39, 0.29) is 23.0 Å². The lowest BCUT2D eigenvalue weighted by Gasteiger charge is -2.16. The molecule has 1 aliphatic heterocycles. The molecule has 4 aromatic rings. The number of fused-ring (bicyclic) bond motifs is 1. The summed E-state index contributed by atoms with van der Waals surface area (Å²) >= 11 is 0. The van der Waals surface area contributed by atoms with Crippen molar-refractivity contribution in [3.05, 3.63) is 94.9 Å². The molecular formula is C25H18FN5O2. The summed E-state index contributed by atoms with van der Waals surface area (Å²) in [6.45, 7) is 0.830. The molecule has 8 heteroatoms. The molecule has 0 N–H and O–H groups in total. The van der Waals surface area contributed by atoms with Gasteiger partial charge in [0.05, 0.1) is 17.3 Å². The van der Waals surface area contributed by atoms with Gasteiger partial charge in [0.15, 0.2) is 11.6 Å². The smallest absolute Gasteiger partial charge is 0.258 e. The van der Waals surface area contributed by atoms with Crippen molar-refractivity contribution >= 4 is 5.91 Å². The molecule has 0 saturated heterocycles. The Hall–Kier alpha value is -4.51. The largest absolute Gasteiger partial charge is 0.452 e. The lowest BCUT2D eigenvalue weighted by Crippen LogP contribution is -2.23. The number of para-hydroxylation sites is 1. The minimum atomic E-state index is -0.655. The monoisotopic (exact) mass is 439 g/mol. The van der Waals surface area contributed by atoms with Crippen LogP contribution in [-0.2, 0) is 20.1 Å². The summed E-state index contributed by atoms with van der Waals surface area (Å²) in [5, 5.41) is 17.3. The van der Waals surface area contributed by atoms with Crippen molar-refractivity contribution in [2.75, 3.05) is 0 Å². The van der Waals surface area contributed by atoms with Gasteiger partial charge in [-0.05, 0) is 29.3 Å². The Balaban J connectivity index is 1.37. The highest BCUT2D eigenvalue weighted by Crippen LogP contribution is 2.36. The predicted molar refractivity (Wildman–Crippen MR) is 118 cm³/mol. The van der Waals surface area contributed by atoms with Gasteiger partial charge in [0.2, 0.25) is 0 Å². The predicted octanol–water partition coefficient (Wildman–Crippen LogP) is 4.44. The maximum Gasteiger partial charge on any atom is 0.258 e. The molecule has 0 aliphatic carbocycles. The number of hydrogen-bond acceptors (Lipinski definition) is 5. The zero-order chi connectivity index (χ0) is 22.9. The van der Waals surface area contributed by atoms with Crippen LogP contribution >= 0.6 is 0 Å². The number of aryl methyl sites for hydroxylation is 1. The number of nitrogens with zero attached hydrogens (tertiary/aromatic N) is 5. The molecule has 1 aliphatic rings. The number of aromatic nitrogens is 3. The van der Waals surface area contributed by atoms with Crippen LogP contribution in [0.3, 0.4) is 0 Å². The molecule has 3 aromatic carbocycles. The second kappa shape index (κ2) is 8.20. The van der Waals surface area contributed by atoms with Gasteiger partial charge in [-0.3, -0.25) is 9.48 Å². The molecule has 7 nitrogen and oxygen atoms in total. The Labute approximate surface area is 189 Å². The molecule has 162 valence electrons. The number of hydrogen-bond donors (Lipinski definition) is 0. The molecule has 0 atom stereocenters. The summed E-state index contributed by atoms with van der Waals surface area (Å²) in [6, 6.07) is 19.1. The number of ether oxygens (including phenoxy) is 1. The molecule has 1 aromatic heterocycles. The molecule has 0 spiro atoms. The number of amides is 1. The highest BCUT2D eigenvalue weighted by atomic mass is 19.1. The molecule has 0 radical (unpaired) electrons. The average molecular weight is 439 g/mol. The first-order chi connectivity index (χ1) is 16.0. The van der Waals surface area contributed by atoms with E-state index in [1.807, 2.05) is 49.6 Å². The molecule has 2 heterocycles. The van der Waals surface area contributed by atoms with Gasteiger partial charge in [-0.25, -0.2) is 4.39 Å². The number of carbonyl (C=O) groups excluding carboxylic acids is 1. The fourth-order valence-corrected chi connectivity index (χ4v) is 3.89. The van der Waals surface area contributed by atoms with Crippen LogP contribution in [0.5, 0.6) is 11.5 Å². The van der Waals surface area contributed by atoms with Crippen LogP contribution in [0.15, 0.2) is 66.9 Å². The molecule has 0 unspecified atom stereocenters. The van der Waals surface area contributed by atoms with Crippen LogP contribution in [0, 0.1) is 17.1 Å².